The molecule has 0 radical (unpaired) electrons. The highest BCUT2D eigenvalue weighted by Crippen LogP contribution is 2.34. The van der Waals surface area contributed by atoms with Crippen molar-refractivity contribution in [1.29, 1.82) is 0 Å². The smallest absolute Gasteiger partial charge is 0.0376 e. The summed E-state index contributed by atoms with van der Waals surface area (Å²) in [6.07, 6.45) is 7.16. The molecule has 0 aromatic rings. The first-order chi connectivity index (χ1) is 9.65. The Morgan fingerprint density at radius 3 is 2.35 bits per heavy atom. The molecule has 3 heteroatoms. The first-order valence-corrected chi connectivity index (χ1v) is 8.77. The fourth-order valence-electron chi connectivity index (χ4n) is 4.24. The average molecular weight is 281 g/mol. The Bertz CT molecular complexity index is 273. The highest BCUT2D eigenvalue weighted by molar-refractivity contribution is 4.94. The fourth-order valence-corrected chi connectivity index (χ4v) is 4.24. The van der Waals surface area contributed by atoms with E-state index in [0.29, 0.717) is 12.1 Å². The van der Waals surface area contributed by atoms with E-state index < -0.39 is 0 Å². The van der Waals surface area contributed by atoms with Crippen LogP contribution in [0.4, 0.5) is 0 Å². The zero-order valence-corrected chi connectivity index (χ0v) is 14.1. The molecule has 1 aliphatic heterocycles. The summed E-state index contributed by atoms with van der Waals surface area (Å²) in [4.78, 5) is 5.10. The van der Waals surface area contributed by atoms with Gasteiger partial charge in [0.1, 0.15) is 0 Å². The lowest BCUT2D eigenvalue weighted by Gasteiger charge is -2.46. The Morgan fingerprint density at radius 1 is 1.05 bits per heavy atom. The second kappa shape index (κ2) is 7.77. The molecule has 2 aliphatic rings. The molecule has 0 aromatic heterocycles. The SMILES string of the molecule is CCNC(C1CCC(CC)CC1)C1CN(C)CCN1C. The summed E-state index contributed by atoms with van der Waals surface area (Å²) in [7, 11) is 4.59. The summed E-state index contributed by atoms with van der Waals surface area (Å²) in [6.45, 7) is 9.38. The van der Waals surface area contributed by atoms with Gasteiger partial charge in [0.2, 0.25) is 0 Å². The number of likely N-dealkylation sites (N-methyl/N-ethyl adjacent to an activating group) is 3. The Labute approximate surface area is 126 Å². The van der Waals surface area contributed by atoms with Gasteiger partial charge in [0, 0.05) is 31.7 Å². The largest absolute Gasteiger partial charge is 0.312 e. The number of hydrogen-bond donors (Lipinski definition) is 1. The summed E-state index contributed by atoms with van der Waals surface area (Å²) in [5.74, 6) is 1.89. The van der Waals surface area contributed by atoms with E-state index in [1.165, 1.54) is 51.7 Å². The summed E-state index contributed by atoms with van der Waals surface area (Å²) in [6, 6.07) is 1.38. The molecule has 118 valence electrons. The number of hydrogen-bond acceptors (Lipinski definition) is 3. The molecule has 1 heterocycles. The minimum atomic E-state index is 0.686. The van der Waals surface area contributed by atoms with Gasteiger partial charge >= 0.3 is 0 Å². The molecule has 2 atom stereocenters. The predicted molar refractivity (Wildman–Crippen MR) is 87.1 cm³/mol. The first kappa shape index (κ1) is 16.3. The van der Waals surface area contributed by atoms with Crippen molar-refractivity contribution in [1.82, 2.24) is 15.1 Å². The maximum atomic E-state index is 3.84. The summed E-state index contributed by atoms with van der Waals surface area (Å²) in [5, 5.41) is 3.84. The van der Waals surface area contributed by atoms with Gasteiger partial charge in [-0.25, -0.2) is 0 Å². The topological polar surface area (TPSA) is 18.5 Å². The van der Waals surface area contributed by atoms with Crippen LogP contribution >= 0.6 is 0 Å². The van der Waals surface area contributed by atoms with Crippen LogP contribution in [0.15, 0.2) is 0 Å². The number of rotatable bonds is 5. The second-order valence-corrected chi connectivity index (χ2v) is 7.08. The van der Waals surface area contributed by atoms with Gasteiger partial charge in [-0.2, -0.15) is 0 Å². The Kier molecular flexibility index (Phi) is 6.31. The van der Waals surface area contributed by atoms with Gasteiger partial charge in [-0.1, -0.05) is 33.1 Å². The van der Waals surface area contributed by atoms with Crippen molar-refractivity contribution in [3.63, 3.8) is 0 Å². The van der Waals surface area contributed by atoms with E-state index >= 15 is 0 Å². The van der Waals surface area contributed by atoms with E-state index in [2.05, 4.69) is 43.1 Å². The molecule has 1 N–H and O–H groups in total. The maximum absolute atomic E-state index is 3.84. The van der Waals surface area contributed by atoms with Crippen LogP contribution in [0.3, 0.4) is 0 Å². The summed E-state index contributed by atoms with van der Waals surface area (Å²) >= 11 is 0. The molecule has 1 aliphatic carbocycles. The number of piperazine rings is 1. The zero-order chi connectivity index (χ0) is 14.5. The van der Waals surface area contributed by atoms with Gasteiger partial charge in [-0.15, -0.1) is 0 Å². The van der Waals surface area contributed by atoms with Crippen LogP contribution in [0.1, 0.15) is 46.0 Å². The lowest BCUT2D eigenvalue weighted by molar-refractivity contribution is 0.0583. The Morgan fingerprint density at radius 2 is 1.75 bits per heavy atom. The maximum Gasteiger partial charge on any atom is 0.0376 e. The minimum Gasteiger partial charge on any atom is -0.312 e. The third-order valence-electron chi connectivity index (χ3n) is 5.73. The lowest BCUT2D eigenvalue weighted by Crippen LogP contribution is -2.61. The molecule has 2 rings (SSSR count). The van der Waals surface area contributed by atoms with Crippen LogP contribution < -0.4 is 5.32 Å². The molecular weight excluding hydrogens is 246 g/mol. The standard InChI is InChI=1S/C17H35N3/c1-5-14-7-9-15(10-8-14)17(18-6-2)16-13-19(3)11-12-20(16)4/h14-18H,5-13H2,1-4H3. The number of nitrogens with zero attached hydrogens (tertiary/aromatic N) is 2. The van der Waals surface area contributed by atoms with E-state index in [4.69, 9.17) is 0 Å². The predicted octanol–water partition coefficient (Wildman–Crippen LogP) is 2.43. The van der Waals surface area contributed by atoms with Crippen molar-refractivity contribution >= 4 is 0 Å². The van der Waals surface area contributed by atoms with Gasteiger partial charge in [0.25, 0.3) is 0 Å². The Hall–Kier alpha value is -0.120. The second-order valence-electron chi connectivity index (χ2n) is 7.08. The molecule has 0 amide bonds. The van der Waals surface area contributed by atoms with E-state index in [-0.39, 0.29) is 0 Å². The molecule has 1 saturated heterocycles. The van der Waals surface area contributed by atoms with E-state index in [9.17, 15) is 0 Å². The van der Waals surface area contributed by atoms with E-state index in [1.54, 1.807) is 0 Å². The van der Waals surface area contributed by atoms with Gasteiger partial charge in [-0.3, -0.25) is 4.90 Å². The third kappa shape index (κ3) is 3.96. The van der Waals surface area contributed by atoms with Crippen LogP contribution in [0, 0.1) is 11.8 Å². The molecule has 1 saturated carbocycles. The monoisotopic (exact) mass is 281 g/mol. The molecule has 2 unspecified atom stereocenters. The van der Waals surface area contributed by atoms with Crippen LogP contribution in [-0.4, -0.2) is 62.2 Å². The summed E-state index contributed by atoms with van der Waals surface area (Å²) in [5.41, 5.74) is 0. The first-order valence-electron chi connectivity index (χ1n) is 8.77. The van der Waals surface area contributed by atoms with Crippen LogP contribution in [0.25, 0.3) is 0 Å². The fraction of sp³-hybridized carbons (Fsp3) is 1.00. The van der Waals surface area contributed by atoms with Crippen LogP contribution in [-0.2, 0) is 0 Å². The van der Waals surface area contributed by atoms with Crippen molar-refractivity contribution < 1.29 is 0 Å². The molecule has 0 aromatic carbocycles. The molecule has 0 bridgehead atoms. The molecule has 2 fully saturated rings. The third-order valence-corrected chi connectivity index (χ3v) is 5.73. The summed E-state index contributed by atoms with van der Waals surface area (Å²) < 4.78 is 0. The average Bonchev–Trinajstić information content (AvgIpc) is 2.48. The van der Waals surface area contributed by atoms with Crippen molar-refractivity contribution in [2.75, 3.05) is 40.3 Å². The van der Waals surface area contributed by atoms with Gasteiger partial charge in [-0.05, 0) is 45.3 Å². The number of nitrogens with one attached hydrogen (secondary N) is 1. The molecule has 3 nitrogen and oxygen atoms in total. The van der Waals surface area contributed by atoms with Crippen molar-refractivity contribution in [2.45, 2.75) is 58.0 Å². The quantitative estimate of drug-likeness (QED) is 0.835. The highest BCUT2D eigenvalue weighted by Gasteiger charge is 2.35. The molecular formula is C17H35N3. The Balaban J connectivity index is 1.98. The van der Waals surface area contributed by atoms with Gasteiger partial charge in [0.15, 0.2) is 0 Å². The van der Waals surface area contributed by atoms with Gasteiger partial charge in [0.05, 0.1) is 0 Å². The normalized spacial score (nSPS) is 35.1. The lowest BCUT2D eigenvalue weighted by atomic mass is 9.75. The zero-order valence-electron chi connectivity index (χ0n) is 14.1. The molecule has 0 spiro atoms. The van der Waals surface area contributed by atoms with Crippen molar-refractivity contribution in [3.05, 3.63) is 0 Å². The molecule has 20 heavy (non-hydrogen) atoms. The highest BCUT2D eigenvalue weighted by atomic mass is 15.3. The van der Waals surface area contributed by atoms with Crippen LogP contribution in [0.2, 0.25) is 0 Å². The van der Waals surface area contributed by atoms with Crippen molar-refractivity contribution in [2.24, 2.45) is 11.8 Å². The minimum absolute atomic E-state index is 0.686. The van der Waals surface area contributed by atoms with Gasteiger partial charge < -0.3 is 10.2 Å². The van der Waals surface area contributed by atoms with E-state index in [1.807, 2.05) is 0 Å². The van der Waals surface area contributed by atoms with Crippen molar-refractivity contribution in [3.8, 4) is 0 Å². The van der Waals surface area contributed by atoms with E-state index in [0.717, 1.165) is 18.4 Å². The van der Waals surface area contributed by atoms with Crippen LogP contribution in [0.5, 0.6) is 0 Å².